The molecule has 2 aliphatic rings. The van der Waals surface area contributed by atoms with E-state index in [9.17, 15) is 14.4 Å². The van der Waals surface area contributed by atoms with Gasteiger partial charge in [-0.15, -0.1) is 0 Å². The van der Waals surface area contributed by atoms with Crippen molar-refractivity contribution in [2.45, 2.75) is 83.8 Å². The van der Waals surface area contributed by atoms with Crippen molar-refractivity contribution in [3.63, 3.8) is 0 Å². The number of likely N-dealkylation sites (tertiary alicyclic amines) is 1. The standard InChI is InChI=1S/C38H43N9O5/c1-23-17-26(5-6-27(23)19-40-36(50)34-44-37(52-45-34)38(2,3)4)33-30-18-24(21-47(30)42-22-41-33)11-14-46-15-12-25(13-16-46)29-8-7-28(20-39-29)51-31-9-10-32(48)43-35(31)49/h5-8,17-18,20-22,25,31H,9-16,19H2,1-4H3,(H,40,50)(H,43,48,49). The van der Waals surface area contributed by atoms with Crippen LogP contribution in [0.15, 0.2) is 59.6 Å². The number of aryl methyl sites for hydroxylation is 1. The van der Waals surface area contributed by atoms with Gasteiger partial charge in [0.1, 0.15) is 12.1 Å². The third-order valence-corrected chi connectivity index (χ3v) is 9.74. The minimum Gasteiger partial charge on any atom is -0.479 e. The van der Waals surface area contributed by atoms with Crippen LogP contribution in [-0.4, -0.2) is 78.1 Å². The van der Waals surface area contributed by atoms with Gasteiger partial charge in [-0.2, -0.15) is 10.1 Å². The molecule has 7 rings (SSSR count). The lowest BCUT2D eigenvalue weighted by Crippen LogP contribution is -2.46. The average Bonchev–Trinajstić information content (AvgIpc) is 3.80. The Balaban J connectivity index is 0.915. The van der Waals surface area contributed by atoms with Gasteiger partial charge in [-0.05, 0) is 80.2 Å². The van der Waals surface area contributed by atoms with Crippen LogP contribution in [-0.2, 0) is 28.0 Å². The molecule has 0 saturated carbocycles. The van der Waals surface area contributed by atoms with Gasteiger partial charge in [-0.3, -0.25) is 24.7 Å². The lowest BCUT2D eigenvalue weighted by Gasteiger charge is -2.31. The second-order valence-electron chi connectivity index (χ2n) is 14.6. The lowest BCUT2D eigenvalue weighted by molar-refractivity contribution is -0.138. The minimum atomic E-state index is -0.665. The van der Waals surface area contributed by atoms with Crippen molar-refractivity contribution in [2.24, 2.45) is 0 Å². The number of piperidine rings is 2. The maximum absolute atomic E-state index is 12.7. The molecule has 0 aliphatic carbocycles. The van der Waals surface area contributed by atoms with Crippen molar-refractivity contribution < 1.29 is 23.6 Å². The van der Waals surface area contributed by atoms with Gasteiger partial charge in [0.15, 0.2) is 6.10 Å². The number of benzene rings is 1. The van der Waals surface area contributed by atoms with Crippen LogP contribution in [0.25, 0.3) is 16.8 Å². The van der Waals surface area contributed by atoms with E-state index in [1.54, 1.807) is 12.5 Å². The van der Waals surface area contributed by atoms with Gasteiger partial charge in [-0.1, -0.05) is 38.1 Å². The highest BCUT2D eigenvalue weighted by Gasteiger charge is 2.29. The molecule has 2 N–H and O–H groups in total. The summed E-state index contributed by atoms with van der Waals surface area (Å²) >= 11 is 0. The Hall–Kier alpha value is -5.50. The number of carbonyl (C=O) groups is 3. The summed E-state index contributed by atoms with van der Waals surface area (Å²) in [5, 5.41) is 13.5. The Morgan fingerprint density at radius 3 is 2.62 bits per heavy atom. The smallest absolute Gasteiger partial charge is 0.292 e. The number of ether oxygens (including phenoxy) is 1. The maximum Gasteiger partial charge on any atom is 0.292 e. The summed E-state index contributed by atoms with van der Waals surface area (Å²) in [6.07, 6.45) is 8.25. The summed E-state index contributed by atoms with van der Waals surface area (Å²) in [5.41, 5.74) is 6.67. The van der Waals surface area contributed by atoms with E-state index in [1.165, 1.54) is 5.56 Å². The van der Waals surface area contributed by atoms with E-state index in [4.69, 9.17) is 9.26 Å². The minimum absolute atomic E-state index is 0.0246. The number of nitrogens with zero attached hydrogens (tertiary/aromatic N) is 7. The van der Waals surface area contributed by atoms with Crippen LogP contribution in [0.3, 0.4) is 0 Å². The highest BCUT2D eigenvalue weighted by molar-refractivity contribution is 5.99. The van der Waals surface area contributed by atoms with Gasteiger partial charge in [0.25, 0.3) is 17.6 Å². The number of carbonyl (C=O) groups excluding carboxylic acids is 3. The quantitative estimate of drug-likeness (QED) is 0.199. The molecule has 0 spiro atoms. The molecular formula is C38H43N9O5. The number of rotatable bonds is 10. The van der Waals surface area contributed by atoms with Crippen LogP contribution < -0.4 is 15.4 Å². The summed E-state index contributed by atoms with van der Waals surface area (Å²) in [5.74, 6) is 0.312. The zero-order valence-corrected chi connectivity index (χ0v) is 29.9. The molecule has 5 aromatic rings. The van der Waals surface area contributed by atoms with Crippen molar-refractivity contribution in [3.8, 4) is 17.0 Å². The number of imide groups is 1. The highest BCUT2D eigenvalue weighted by atomic mass is 16.5. The van der Waals surface area contributed by atoms with Crippen LogP contribution in [0.2, 0.25) is 0 Å². The fourth-order valence-corrected chi connectivity index (χ4v) is 6.65. The number of hydrogen-bond donors (Lipinski definition) is 2. The first-order chi connectivity index (χ1) is 25.0. The van der Waals surface area contributed by atoms with Gasteiger partial charge in [0.05, 0.1) is 17.4 Å². The molecule has 6 heterocycles. The molecule has 4 aromatic heterocycles. The Labute approximate surface area is 301 Å². The molecule has 2 saturated heterocycles. The summed E-state index contributed by atoms with van der Waals surface area (Å²) in [6.45, 7) is 11.1. The molecule has 3 amide bonds. The fourth-order valence-electron chi connectivity index (χ4n) is 6.65. The molecule has 14 nitrogen and oxygen atoms in total. The third-order valence-electron chi connectivity index (χ3n) is 9.74. The number of nitrogens with one attached hydrogen (secondary N) is 2. The van der Waals surface area contributed by atoms with Crippen LogP contribution in [0.4, 0.5) is 0 Å². The fraction of sp³-hybridized carbons (Fsp3) is 0.421. The molecule has 14 heteroatoms. The molecule has 1 atom stereocenters. The SMILES string of the molecule is Cc1cc(-c2ncnn3cc(CCN4CCC(c5ccc(OC6CCC(=O)NC6=O)cn5)CC4)cc23)ccc1CNC(=O)c1noc(C(C)(C)C)n1. The Morgan fingerprint density at radius 1 is 1.08 bits per heavy atom. The Bertz CT molecular complexity index is 2090. The normalized spacial score (nSPS) is 17.3. The number of aromatic nitrogens is 6. The second-order valence-corrected chi connectivity index (χ2v) is 14.6. The van der Waals surface area contributed by atoms with Crippen LogP contribution >= 0.6 is 0 Å². The predicted molar refractivity (Wildman–Crippen MR) is 190 cm³/mol. The monoisotopic (exact) mass is 705 g/mol. The van der Waals surface area contributed by atoms with E-state index in [2.05, 4.69) is 59.1 Å². The van der Waals surface area contributed by atoms with Gasteiger partial charge in [0.2, 0.25) is 11.8 Å². The summed E-state index contributed by atoms with van der Waals surface area (Å²) in [6, 6.07) is 12.1. The Morgan fingerprint density at radius 2 is 1.90 bits per heavy atom. The first-order valence-corrected chi connectivity index (χ1v) is 17.7. The number of hydrogen-bond acceptors (Lipinski definition) is 11. The molecule has 2 fully saturated rings. The predicted octanol–water partition coefficient (Wildman–Crippen LogP) is 4.32. The van der Waals surface area contributed by atoms with Crippen LogP contribution in [0, 0.1) is 6.92 Å². The molecule has 0 bridgehead atoms. The van der Waals surface area contributed by atoms with Gasteiger partial charge < -0.3 is 19.5 Å². The van der Waals surface area contributed by atoms with Crippen molar-refractivity contribution in [3.05, 3.63) is 89.2 Å². The third kappa shape index (κ3) is 7.86. The number of fused-ring (bicyclic) bond motifs is 1. The molecular weight excluding hydrogens is 662 g/mol. The zero-order chi connectivity index (χ0) is 36.4. The van der Waals surface area contributed by atoms with Crippen molar-refractivity contribution >= 4 is 23.2 Å². The number of pyridine rings is 1. The highest BCUT2D eigenvalue weighted by Crippen LogP contribution is 2.29. The maximum atomic E-state index is 12.7. The average molecular weight is 706 g/mol. The number of amides is 3. The molecule has 1 unspecified atom stereocenters. The summed E-state index contributed by atoms with van der Waals surface area (Å²) < 4.78 is 12.9. The second kappa shape index (κ2) is 14.6. The first kappa shape index (κ1) is 34.9. The van der Waals surface area contributed by atoms with Crippen molar-refractivity contribution in [1.29, 1.82) is 0 Å². The largest absolute Gasteiger partial charge is 0.479 e. The molecule has 2 aliphatic heterocycles. The van der Waals surface area contributed by atoms with E-state index < -0.39 is 12.0 Å². The van der Waals surface area contributed by atoms with Crippen molar-refractivity contribution in [2.75, 3.05) is 19.6 Å². The van der Waals surface area contributed by atoms with Crippen LogP contribution in [0.5, 0.6) is 5.75 Å². The van der Waals surface area contributed by atoms with E-state index in [-0.39, 0.29) is 29.5 Å². The van der Waals surface area contributed by atoms with Gasteiger partial charge >= 0.3 is 0 Å². The molecule has 1 aromatic carbocycles. The summed E-state index contributed by atoms with van der Waals surface area (Å²) in [4.78, 5) is 52.1. The van der Waals surface area contributed by atoms with E-state index in [1.807, 2.05) is 56.5 Å². The molecule has 0 radical (unpaired) electrons. The van der Waals surface area contributed by atoms with E-state index in [0.717, 1.165) is 72.5 Å². The lowest BCUT2D eigenvalue weighted by atomic mass is 9.93. The Kier molecular flexibility index (Phi) is 9.82. The van der Waals surface area contributed by atoms with Gasteiger partial charge in [-0.25, -0.2) is 9.50 Å². The van der Waals surface area contributed by atoms with Crippen LogP contribution in [0.1, 0.15) is 91.3 Å². The topological polar surface area (TPSA) is 170 Å². The van der Waals surface area contributed by atoms with E-state index >= 15 is 0 Å². The summed E-state index contributed by atoms with van der Waals surface area (Å²) in [7, 11) is 0. The van der Waals surface area contributed by atoms with E-state index in [0.29, 0.717) is 30.5 Å². The molecule has 52 heavy (non-hydrogen) atoms. The molecule has 270 valence electrons. The first-order valence-electron chi connectivity index (χ1n) is 17.7. The van der Waals surface area contributed by atoms with Crippen molar-refractivity contribution in [1.82, 2.24) is 45.3 Å². The van der Waals surface area contributed by atoms with Gasteiger partial charge in [0, 0.05) is 54.7 Å². The zero-order valence-electron chi connectivity index (χ0n) is 29.9.